The Kier molecular flexibility index (Phi) is 5.37. The maximum atomic E-state index is 11.3. The van der Waals surface area contributed by atoms with Crippen molar-refractivity contribution in [1.29, 1.82) is 0 Å². The molecule has 1 heterocycles. The summed E-state index contributed by atoms with van der Waals surface area (Å²) in [5.74, 6) is 5.47. The van der Waals surface area contributed by atoms with Gasteiger partial charge in [0.05, 0.1) is 16.9 Å². The Labute approximate surface area is 143 Å². The van der Waals surface area contributed by atoms with Crippen LogP contribution >= 0.6 is 0 Å². The Hall–Kier alpha value is -1.83. The molecule has 0 atom stereocenters. The zero-order chi connectivity index (χ0) is 18.0. The number of para-hydroxylation sites is 1. The van der Waals surface area contributed by atoms with Crippen molar-refractivity contribution in [1.82, 2.24) is 5.32 Å². The predicted octanol–water partition coefficient (Wildman–Crippen LogP) is 2.12. The molecule has 1 aliphatic rings. The van der Waals surface area contributed by atoms with E-state index in [1.807, 2.05) is 58.0 Å². The van der Waals surface area contributed by atoms with E-state index in [-0.39, 0.29) is 5.91 Å². The van der Waals surface area contributed by atoms with Gasteiger partial charge in [0.15, 0.2) is 0 Å². The number of hydrogen-bond donors (Lipinski definition) is 3. The normalized spacial score (nSPS) is 19.2. The van der Waals surface area contributed by atoms with Crippen molar-refractivity contribution in [3.05, 3.63) is 35.3 Å². The number of hydrazine groups is 1. The van der Waals surface area contributed by atoms with Crippen molar-refractivity contribution in [3.63, 3.8) is 0 Å². The summed E-state index contributed by atoms with van der Waals surface area (Å²) >= 11 is 0. The van der Waals surface area contributed by atoms with E-state index in [4.69, 9.17) is 15.2 Å². The molecule has 1 amide bonds. The van der Waals surface area contributed by atoms with Gasteiger partial charge in [0.25, 0.3) is 0 Å². The summed E-state index contributed by atoms with van der Waals surface area (Å²) in [6, 6.07) is 7.64. The van der Waals surface area contributed by atoms with Gasteiger partial charge in [0.1, 0.15) is 0 Å². The van der Waals surface area contributed by atoms with E-state index in [2.05, 4.69) is 10.7 Å². The number of nitrogens with two attached hydrogens (primary N) is 1. The number of carbonyl (C=O) groups excluding carboxylic acids is 1. The Morgan fingerprint density at radius 2 is 1.79 bits per heavy atom. The van der Waals surface area contributed by atoms with Crippen molar-refractivity contribution in [2.45, 2.75) is 45.8 Å². The smallest absolute Gasteiger partial charge is 0.400 e. The summed E-state index contributed by atoms with van der Waals surface area (Å²) < 4.78 is 12.2. The van der Waals surface area contributed by atoms with Gasteiger partial charge in [-0.25, -0.2) is 0 Å². The van der Waals surface area contributed by atoms with E-state index in [1.54, 1.807) is 0 Å². The van der Waals surface area contributed by atoms with Crippen LogP contribution in [0.1, 0.15) is 40.2 Å². The summed E-state index contributed by atoms with van der Waals surface area (Å²) in [6.45, 7) is 9.82. The average Bonchev–Trinajstić information content (AvgIpc) is 2.71. The second kappa shape index (κ2) is 6.97. The highest BCUT2D eigenvalue weighted by molar-refractivity contribution is 6.56. The Bertz CT molecular complexity index is 628. The minimum atomic E-state index is -0.535. The number of benzene rings is 1. The van der Waals surface area contributed by atoms with Crippen LogP contribution in [-0.4, -0.2) is 30.8 Å². The second-order valence-electron chi connectivity index (χ2n) is 6.95. The summed E-state index contributed by atoms with van der Waals surface area (Å²) in [5, 5.41) is 2.82. The number of nitrogen functional groups attached to an aromatic ring is 1. The molecule has 1 aliphatic heterocycles. The molecule has 0 unspecified atom stereocenters. The zero-order valence-electron chi connectivity index (χ0n) is 15.0. The molecule has 0 spiro atoms. The Morgan fingerprint density at radius 3 is 2.33 bits per heavy atom. The summed E-state index contributed by atoms with van der Waals surface area (Å²) in [7, 11) is -0.535. The molecule has 1 saturated heterocycles. The van der Waals surface area contributed by atoms with Gasteiger partial charge in [-0.2, -0.15) is 0 Å². The molecular formula is C17H26BN3O3. The first-order chi connectivity index (χ1) is 11.2. The van der Waals surface area contributed by atoms with E-state index < -0.39 is 18.3 Å². The quantitative estimate of drug-likeness (QED) is 0.437. The van der Waals surface area contributed by atoms with E-state index in [1.165, 1.54) is 6.92 Å². The third kappa shape index (κ3) is 3.98. The van der Waals surface area contributed by atoms with Gasteiger partial charge in [0, 0.05) is 13.5 Å². The molecule has 0 saturated carbocycles. The van der Waals surface area contributed by atoms with Crippen LogP contribution in [0, 0.1) is 0 Å². The molecule has 7 heteroatoms. The molecule has 1 aromatic rings. The maximum Gasteiger partial charge on any atom is 0.492 e. The van der Waals surface area contributed by atoms with E-state index in [0.29, 0.717) is 6.54 Å². The van der Waals surface area contributed by atoms with E-state index in [0.717, 1.165) is 16.7 Å². The van der Waals surface area contributed by atoms with Crippen molar-refractivity contribution in [2.75, 3.05) is 12.0 Å². The van der Waals surface area contributed by atoms with Crippen LogP contribution in [0.3, 0.4) is 0 Å². The van der Waals surface area contributed by atoms with Crippen LogP contribution in [0.4, 0.5) is 5.69 Å². The lowest BCUT2D eigenvalue weighted by atomic mass is 9.76. The van der Waals surface area contributed by atoms with Crippen molar-refractivity contribution in [3.8, 4) is 0 Å². The maximum absolute atomic E-state index is 11.3. The van der Waals surface area contributed by atoms with Gasteiger partial charge in [-0.05, 0) is 44.8 Å². The summed E-state index contributed by atoms with van der Waals surface area (Å²) in [5.41, 5.74) is 4.29. The molecule has 1 aromatic carbocycles. The highest BCUT2D eigenvalue weighted by Crippen LogP contribution is 2.38. The van der Waals surface area contributed by atoms with Crippen LogP contribution < -0.4 is 16.6 Å². The first-order valence-electron chi connectivity index (χ1n) is 8.02. The second-order valence-corrected chi connectivity index (χ2v) is 6.95. The van der Waals surface area contributed by atoms with Crippen LogP contribution in [0.5, 0.6) is 0 Å². The molecule has 130 valence electrons. The predicted molar refractivity (Wildman–Crippen MR) is 97.0 cm³/mol. The number of rotatable bonds is 5. The molecule has 1 fully saturated rings. The molecule has 2 rings (SSSR count). The first-order valence-corrected chi connectivity index (χ1v) is 8.02. The molecule has 24 heavy (non-hydrogen) atoms. The minimum absolute atomic E-state index is 0.109. The number of carbonyl (C=O) groups is 1. The largest absolute Gasteiger partial charge is 0.492 e. The SMILES string of the molecule is CC(=O)NCC(=Cc1ccccc1NN)B1OC(C)(C)C(C)(C)O1. The van der Waals surface area contributed by atoms with Gasteiger partial charge in [-0.15, -0.1) is 0 Å². The lowest BCUT2D eigenvalue weighted by Crippen LogP contribution is -2.41. The monoisotopic (exact) mass is 331 g/mol. The number of amides is 1. The van der Waals surface area contributed by atoms with E-state index >= 15 is 0 Å². The first kappa shape index (κ1) is 18.5. The third-order valence-corrected chi connectivity index (χ3v) is 4.55. The van der Waals surface area contributed by atoms with Crippen LogP contribution in [0.2, 0.25) is 0 Å². The lowest BCUT2D eigenvalue weighted by Gasteiger charge is -2.32. The fourth-order valence-corrected chi connectivity index (χ4v) is 2.38. The fraction of sp³-hybridized carbons (Fsp3) is 0.471. The van der Waals surface area contributed by atoms with Crippen LogP contribution in [0.25, 0.3) is 6.08 Å². The molecule has 4 N–H and O–H groups in total. The van der Waals surface area contributed by atoms with Crippen molar-refractivity contribution >= 4 is 24.8 Å². The van der Waals surface area contributed by atoms with Gasteiger partial charge in [0.2, 0.25) is 5.91 Å². The van der Waals surface area contributed by atoms with Gasteiger partial charge < -0.3 is 20.1 Å². The number of hydrogen-bond acceptors (Lipinski definition) is 5. The topological polar surface area (TPSA) is 85.6 Å². The molecule has 6 nitrogen and oxygen atoms in total. The Balaban J connectivity index is 2.35. The minimum Gasteiger partial charge on any atom is -0.400 e. The standard InChI is InChI=1S/C17H26BN3O3/c1-12(22)20-11-14(10-13-8-6-7-9-15(13)21-19)18-23-16(2,3)17(4,5)24-18/h6-10,21H,11,19H2,1-5H3,(H,20,22). The van der Waals surface area contributed by atoms with Crippen LogP contribution in [-0.2, 0) is 14.1 Å². The van der Waals surface area contributed by atoms with Crippen molar-refractivity contribution < 1.29 is 14.1 Å². The molecular weight excluding hydrogens is 305 g/mol. The Morgan fingerprint density at radius 1 is 1.21 bits per heavy atom. The van der Waals surface area contributed by atoms with Gasteiger partial charge >= 0.3 is 7.12 Å². The van der Waals surface area contributed by atoms with Crippen LogP contribution in [0.15, 0.2) is 29.7 Å². The average molecular weight is 331 g/mol. The third-order valence-electron chi connectivity index (χ3n) is 4.55. The lowest BCUT2D eigenvalue weighted by molar-refractivity contribution is -0.118. The van der Waals surface area contributed by atoms with Gasteiger partial charge in [-0.1, -0.05) is 24.3 Å². The van der Waals surface area contributed by atoms with E-state index in [9.17, 15) is 4.79 Å². The summed E-state index contributed by atoms with van der Waals surface area (Å²) in [4.78, 5) is 11.3. The number of anilines is 1. The molecule has 0 bridgehead atoms. The number of nitrogens with one attached hydrogen (secondary N) is 2. The molecule has 0 aromatic heterocycles. The highest BCUT2D eigenvalue weighted by atomic mass is 16.7. The highest BCUT2D eigenvalue weighted by Gasteiger charge is 2.52. The zero-order valence-corrected chi connectivity index (χ0v) is 15.0. The molecule has 0 radical (unpaired) electrons. The molecule has 0 aliphatic carbocycles. The fourth-order valence-electron chi connectivity index (χ4n) is 2.38. The summed E-state index contributed by atoms with van der Waals surface area (Å²) in [6.07, 6.45) is 1.94. The van der Waals surface area contributed by atoms with Gasteiger partial charge in [-0.3, -0.25) is 10.6 Å². The van der Waals surface area contributed by atoms with Crippen molar-refractivity contribution in [2.24, 2.45) is 5.84 Å².